The van der Waals surface area contributed by atoms with Crippen LogP contribution in [0.1, 0.15) is 10.4 Å². The van der Waals surface area contributed by atoms with Crippen LogP contribution in [0.2, 0.25) is 0 Å². The average molecular weight is 260 g/mol. The average Bonchev–Trinajstić information content (AvgIpc) is 2.39. The highest BCUT2D eigenvalue weighted by Gasteiger charge is 2.16. The van der Waals surface area contributed by atoms with Gasteiger partial charge in [-0.1, -0.05) is 6.07 Å². The third-order valence-electron chi connectivity index (χ3n) is 2.51. The lowest BCUT2D eigenvalue weighted by atomic mass is 10.2. The minimum Gasteiger partial charge on any atom is -0.507 e. The summed E-state index contributed by atoms with van der Waals surface area (Å²) in [5.74, 6) is -0.381. The Kier molecular flexibility index (Phi) is 3.56. The summed E-state index contributed by atoms with van der Waals surface area (Å²) < 4.78 is 10.5. The quantitative estimate of drug-likeness (QED) is 0.883. The number of aromatic hydroxyl groups is 1. The van der Waals surface area contributed by atoms with Crippen molar-refractivity contribution in [2.45, 2.75) is 0 Å². The summed E-state index contributed by atoms with van der Waals surface area (Å²) in [5, 5.41) is 18.6. The van der Waals surface area contributed by atoms with Gasteiger partial charge in [0.1, 0.15) is 28.6 Å². The zero-order chi connectivity index (χ0) is 13.8. The van der Waals surface area contributed by atoms with Gasteiger partial charge in [0.2, 0.25) is 0 Å². The third kappa shape index (κ3) is 2.77. The molecule has 0 aliphatic carbocycles. The van der Waals surface area contributed by atoms with Crippen LogP contribution < -0.4 is 9.47 Å². The molecule has 0 atom stereocenters. The van der Waals surface area contributed by atoms with E-state index in [-0.39, 0.29) is 17.1 Å². The zero-order valence-electron chi connectivity index (χ0n) is 10.2. The Bertz CT molecular complexity index is 589. The Morgan fingerprint density at radius 3 is 2.26 bits per heavy atom. The van der Waals surface area contributed by atoms with Gasteiger partial charge in [-0.25, -0.2) is 4.79 Å². The predicted octanol–water partition coefficient (Wildman–Crippen LogP) is 2.89. The summed E-state index contributed by atoms with van der Waals surface area (Å²) in [7, 11) is 1.55. The smallest absolute Gasteiger partial charge is 0.343 e. The Labute approximate surface area is 109 Å². The van der Waals surface area contributed by atoms with Gasteiger partial charge in [0.15, 0.2) is 0 Å². The number of carbonyl (C=O) groups is 1. The van der Waals surface area contributed by atoms with Crippen LogP contribution in [-0.4, -0.2) is 23.3 Å². The fraction of sp³-hybridized carbons (Fsp3) is 0.0714. The number of benzene rings is 2. The molecule has 98 valence electrons. The van der Waals surface area contributed by atoms with E-state index in [4.69, 9.17) is 14.6 Å². The molecule has 0 spiro atoms. The summed E-state index contributed by atoms with van der Waals surface area (Å²) in [6.07, 6.45) is 0. The van der Waals surface area contributed by atoms with Crippen LogP contribution in [0.3, 0.4) is 0 Å². The van der Waals surface area contributed by atoms with E-state index in [1.165, 1.54) is 18.2 Å². The number of aromatic carboxylic acids is 1. The van der Waals surface area contributed by atoms with Gasteiger partial charge in [-0.15, -0.1) is 0 Å². The number of hydrogen-bond acceptors (Lipinski definition) is 4. The highest BCUT2D eigenvalue weighted by molar-refractivity contribution is 5.94. The van der Waals surface area contributed by atoms with Gasteiger partial charge < -0.3 is 19.7 Å². The molecule has 2 rings (SSSR count). The van der Waals surface area contributed by atoms with Crippen LogP contribution in [-0.2, 0) is 0 Å². The molecule has 0 amide bonds. The molecule has 0 heterocycles. The van der Waals surface area contributed by atoms with Crippen molar-refractivity contribution in [2.75, 3.05) is 7.11 Å². The maximum Gasteiger partial charge on any atom is 0.343 e. The molecular formula is C14H12O5. The van der Waals surface area contributed by atoms with Crippen molar-refractivity contribution in [1.29, 1.82) is 0 Å². The van der Waals surface area contributed by atoms with Gasteiger partial charge >= 0.3 is 5.97 Å². The summed E-state index contributed by atoms with van der Waals surface area (Å²) in [6.45, 7) is 0. The van der Waals surface area contributed by atoms with Crippen molar-refractivity contribution in [1.82, 2.24) is 0 Å². The van der Waals surface area contributed by atoms with Gasteiger partial charge in [-0.05, 0) is 36.4 Å². The fourth-order valence-electron chi connectivity index (χ4n) is 1.59. The highest BCUT2D eigenvalue weighted by Crippen LogP contribution is 2.31. The molecular weight excluding hydrogens is 248 g/mol. The molecule has 0 unspecified atom stereocenters. The van der Waals surface area contributed by atoms with E-state index in [1.807, 2.05) is 0 Å². The van der Waals surface area contributed by atoms with Crippen molar-refractivity contribution in [2.24, 2.45) is 0 Å². The second-order valence-electron chi connectivity index (χ2n) is 3.73. The van der Waals surface area contributed by atoms with E-state index in [0.29, 0.717) is 11.5 Å². The number of methoxy groups -OCH3 is 1. The van der Waals surface area contributed by atoms with Crippen molar-refractivity contribution in [3.63, 3.8) is 0 Å². The lowest BCUT2D eigenvalue weighted by Gasteiger charge is -2.10. The highest BCUT2D eigenvalue weighted by atomic mass is 16.5. The molecule has 19 heavy (non-hydrogen) atoms. The molecule has 2 aromatic carbocycles. The molecule has 2 N–H and O–H groups in total. The van der Waals surface area contributed by atoms with E-state index in [9.17, 15) is 9.90 Å². The molecule has 0 radical (unpaired) electrons. The molecule has 0 fully saturated rings. The van der Waals surface area contributed by atoms with Crippen LogP contribution in [0.15, 0.2) is 42.5 Å². The minimum absolute atomic E-state index is 0.0812. The van der Waals surface area contributed by atoms with Crippen LogP contribution in [0.25, 0.3) is 0 Å². The molecule has 5 nitrogen and oxygen atoms in total. The van der Waals surface area contributed by atoms with Gasteiger partial charge in [0.25, 0.3) is 0 Å². The Morgan fingerprint density at radius 2 is 1.68 bits per heavy atom. The van der Waals surface area contributed by atoms with Gasteiger partial charge in [0, 0.05) is 0 Å². The normalized spacial score (nSPS) is 9.95. The molecule has 0 saturated heterocycles. The van der Waals surface area contributed by atoms with Gasteiger partial charge in [-0.2, -0.15) is 0 Å². The van der Waals surface area contributed by atoms with Crippen LogP contribution in [0.5, 0.6) is 23.0 Å². The van der Waals surface area contributed by atoms with Gasteiger partial charge in [0.05, 0.1) is 7.11 Å². The molecule has 2 aromatic rings. The molecule has 0 bridgehead atoms. The maximum absolute atomic E-state index is 11.1. The second-order valence-corrected chi connectivity index (χ2v) is 3.73. The zero-order valence-corrected chi connectivity index (χ0v) is 10.2. The Hall–Kier alpha value is -2.69. The standard InChI is InChI=1S/C14H12O5/c1-18-9-5-7-10(8-6-9)19-12-4-2-3-11(15)13(12)14(16)17/h2-8,15H,1H3,(H,16,17). The Balaban J connectivity index is 2.32. The fourth-order valence-corrected chi connectivity index (χ4v) is 1.59. The van der Waals surface area contributed by atoms with Crippen molar-refractivity contribution < 1.29 is 24.5 Å². The van der Waals surface area contributed by atoms with Crippen molar-refractivity contribution >= 4 is 5.97 Å². The first kappa shape index (κ1) is 12.8. The molecule has 5 heteroatoms. The van der Waals surface area contributed by atoms with Crippen molar-refractivity contribution in [3.05, 3.63) is 48.0 Å². The Morgan fingerprint density at radius 1 is 1.05 bits per heavy atom. The predicted molar refractivity (Wildman–Crippen MR) is 68.1 cm³/mol. The monoisotopic (exact) mass is 260 g/mol. The van der Waals surface area contributed by atoms with Gasteiger partial charge in [-0.3, -0.25) is 0 Å². The van der Waals surface area contributed by atoms with E-state index in [1.54, 1.807) is 31.4 Å². The first-order valence-electron chi connectivity index (χ1n) is 5.49. The first-order chi connectivity index (χ1) is 9.11. The van der Waals surface area contributed by atoms with Crippen LogP contribution in [0.4, 0.5) is 0 Å². The molecule has 0 aliphatic rings. The van der Waals surface area contributed by atoms with E-state index in [0.717, 1.165) is 0 Å². The number of carboxylic acids is 1. The number of rotatable bonds is 4. The van der Waals surface area contributed by atoms with Crippen LogP contribution in [0, 0.1) is 0 Å². The summed E-state index contributed by atoms with van der Waals surface area (Å²) in [6, 6.07) is 11.0. The summed E-state index contributed by atoms with van der Waals surface area (Å²) in [4.78, 5) is 11.1. The van der Waals surface area contributed by atoms with Crippen LogP contribution >= 0.6 is 0 Å². The lowest BCUT2D eigenvalue weighted by Crippen LogP contribution is -2.00. The van der Waals surface area contributed by atoms with E-state index < -0.39 is 5.97 Å². The number of hydrogen-bond donors (Lipinski definition) is 2. The topological polar surface area (TPSA) is 76.0 Å². The maximum atomic E-state index is 11.1. The third-order valence-corrected chi connectivity index (χ3v) is 2.51. The van der Waals surface area contributed by atoms with Crippen molar-refractivity contribution in [3.8, 4) is 23.0 Å². The number of carboxylic acid groups (broad SMARTS) is 1. The molecule has 0 saturated carbocycles. The summed E-state index contributed by atoms with van der Waals surface area (Å²) in [5.41, 5.74) is -0.265. The van der Waals surface area contributed by atoms with E-state index in [2.05, 4.69) is 0 Å². The largest absolute Gasteiger partial charge is 0.507 e. The molecule has 0 aromatic heterocycles. The minimum atomic E-state index is -1.25. The number of ether oxygens (including phenoxy) is 2. The SMILES string of the molecule is COc1ccc(Oc2cccc(O)c2C(=O)O)cc1. The lowest BCUT2D eigenvalue weighted by molar-refractivity contribution is 0.0691. The molecule has 0 aliphatic heterocycles. The summed E-state index contributed by atoms with van der Waals surface area (Å²) >= 11 is 0. The number of phenols is 1. The second kappa shape index (κ2) is 5.30. The van der Waals surface area contributed by atoms with E-state index >= 15 is 0 Å². The first-order valence-corrected chi connectivity index (χ1v) is 5.49.